The fourth-order valence-electron chi connectivity index (χ4n) is 2.03. The van der Waals surface area contributed by atoms with Crippen LogP contribution in [0.4, 0.5) is 4.39 Å². The van der Waals surface area contributed by atoms with Gasteiger partial charge in [0, 0.05) is 11.6 Å². The summed E-state index contributed by atoms with van der Waals surface area (Å²) in [5, 5.41) is 5.55. The first-order chi connectivity index (χ1) is 9.56. The third-order valence-corrected chi connectivity index (χ3v) is 5.33. The number of hydrogen-bond donors (Lipinski definition) is 1. The van der Waals surface area contributed by atoms with Crippen LogP contribution in [0.2, 0.25) is 0 Å². The Hall–Kier alpha value is -0.180. The first-order valence-corrected chi connectivity index (χ1v) is 8.82. The number of rotatable bonds is 5. The molecule has 1 aromatic carbocycles. The van der Waals surface area contributed by atoms with E-state index in [1.807, 2.05) is 0 Å². The molecule has 1 N–H and O–H groups in total. The first kappa shape index (κ1) is 16.2. The molecule has 0 aliphatic rings. The summed E-state index contributed by atoms with van der Waals surface area (Å²) in [6.07, 6.45) is 0. The average Bonchev–Trinajstić information content (AvgIpc) is 2.85. The van der Waals surface area contributed by atoms with Crippen LogP contribution in [0.25, 0.3) is 0 Å². The number of methoxy groups -OCH3 is 1. The second kappa shape index (κ2) is 7.20. The van der Waals surface area contributed by atoms with Gasteiger partial charge in [0.2, 0.25) is 0 Å². The third-order valence-electron chi connectivity index (χ3n) is 2.91. The highest BCUT2D eigenvalue weighted by atomic mass is 127. The molecule has 6 heteroatoms. The number of thiophene rings is 1. The highest BCUT2D eigenvalue weighted by Crippen LogP contribution is 2.35. The van der Waals surface area contributed by atoms with Gasteiger partial charge in [-0.3, -0.25) is 0 Å². The fraction of sp³-hybridized carbons (Fsp3) is 0.286. The molecule has 2 rings (SSSR count). The van der Waals surface area contributed by atoms with E-state index in [0.717, 1.165) is 17.7 Å². The summed E-state index contributed by atoms with van der Waals surface area (Å²) in [4.78, 5) is 0. The molecule has 0 radical (unpaired) electrons. The molecule has 2 nitrogen and oxygen atoms in total. The predicted octanol–water partition coefficient (Wildman–Crippen LogP) is 4.96. The monoisotopic (exact) mass is 469 g/mol. The van der Waals surface area contributed by atoms with Gasteiger partial charge in [-0.25, -0.2) is 4.39 Å². The number of halogens is 3. The van der Waals surface area contributed by atoms with Gasteiger partial charge in [-0.05, 0) is 68.1 Å². The van der Waals surface area contributed by atoms with E-state index in [-0.39, 0.29) is 11.9 Å². The molecule has 1 aromatic heterocycles. The molecular formula is C14H14BrFINOS. The van der Waals surface area contributed by atoms with Crippen LogP contribution in [-0.2, 0) is 0 Å². The lowest BCUT2D eigenvalue weighted by atomic mass is 10.00. The van der Waals surface area contributed by atoms with Crippen molar-refractivity contribution in [3.63, 3.8) is 0 Å². The Balaban J connectivity index is 2.51. The highest BCUT2D eigenvalue weighted by Gasteiger charge is 2.20. The summed E-state index contributed by atoms with van der Waals surface area (Å²) < 4.78 is 20.7. The normalized spacial score (nSPS) is 12.4. The van der Waals surface area contributed by atoms with Gasteiger partial charge in [-0.15, -0.1) is 11.3 Å². The first-order valence-electron chi connectivity index (χ1n) is 6.07. The van der Waals surface area contributed by atoms with E-state index >= 15 is 0 Å². The smallest absolute Gasteiger partial charge is 0.141 e. The summed E-state index contributed by atoms with van der Waals surface area (Å²) in [5.74, 6) is 0.235. The molecule has 0 fully saturated rings. The van der Waals surface area contributed by atoms with Crippen molar-refractivity contribution in [2.75, 3.05) is 13.7 Å². The van der Waals surface area contributed by atoms with Crippen LogP contribution in [-0.4, -0.2) is 13.7 Å². The summed E-state index contributed by atoms with van der Waals surface area (Å²) in [7, 11) is 1.56. The number of nitrogens with one attached hydrogen (secondary N) is 1. The van der Waals surface area contributed by atoms with E-state index < -0.39 is 0 Å². The van der Waals surface area contributed by atoms with Crippen LogP contribution in [0.3, 0.4) is 0 Å². The van der Waals surface area contributed by atoms with Crippen LogP contribution in [0.5, 0.6) is 5.75 Å². The Morgan fingerprint density at radius 3 is 2.75 bits per heavy atom. The Morgan fingerprint density at radius 1 is 1.45 bits per heavy atom. The van der Waals surface area contributed by atoms with Gasteiger partial charge in [-0.1, -0.05) is 6.92 Å². The minimum atomic E-state index is -0.319. The van der Waals surface area contributed by atoms with Gasteiger partial charge in [0.1, 0.15) is 11.6 Å². The van der Waals surface area contributed by atoms with E-state index in [2.05, 4.69) is 62.2 Å². The zero-order valence-electron chi connectivity index (χ0n) is 11.0. The topological polar surface area (TPSA) is 21.3 Å². The molecule has 108 valence electrons. The van der Waals surface area contributed by atoms with Gasteiger partial charge in [0.15, 0.2) is 0 Å². The molecule has 0 spiro atoms. The Labute approximate surface area is 144 Å². The summed E-state index contributed by atoms with van der Waals surface area (Å²) in [6.45, 7) is 2.87. The molecule has 1 unspecified atom stereocenters. The van der Waals surface area contributed by atoms with Crippen LogP contribution in [0.1, 0.15) is 24.1 Å². The molecule has 0 amide bonds. The zero-order chi connectivity index (χ0) is 14.7. The van der Waals surface area contributed by atoms with Gasteiger partial charge >= 0.3 is 0 Å². The van der Waals surface area contributed by atoms with E-state index in [9.17, 15) is 4.39 Å². The van der Waals surface area contributed by atoms with E-state index in [0.29, 0.717) is 10.2 Å². The minimum Gasteiger partial charge on any atom is -0.496 e. The molecule has 0 bridgehead atoms. The third kappa shape index (κ3) is 3.52. The maximum atomic E-state index is 13.7. The van der Waals surface area contributed by atoms with Crippen molar-refractivity contribution in [1.29, 1.82) is 0 Å². The Bertz CT molecular complexity index is 605. The van der Waals surface area contributed by atoms with E-state index in [4.69, 9.17) is 4.74 Å². The standard InChI is InChI=1S/C14H14BrFINOS/c1-3-18-14(8-4-13(17)20-7-8)9-5-10(15)11(16)6-12(9)19-2/h4-7,14,18H,3H2,1-2H3. The quantitative estimate of drug-likeness (QED) is 0.625. The maximum Gasteiger partial charge on any atom is 0.141 e. The zero-order valence-corrected chi connectivity index (χ0v) is 15.6. The van der Waals surface area contributed by atoms with E-state index in [1.165, 1.54) is 8.95 Å². The summed E-state index contributed by atoms with van der Waals surface area (Å²) in [5.41, 5.74) is 2.09. The molecule has 0 saturated heterocycles. The lowest BCUT2D eigenvalue weighted by molar-refractivity contribution is 0.400. The lowest BCUT2D eigenvalue weighted by Crippen LogP contribution is -2.22. The number of ether oxygens (including phenoxy) is 1. The van der Waals surface area contributed by atoms with Crippen molar-refractivity contribution < 1.29 is 9.13 Å². The Morgan fingerprint density at radius 2 is 2.20 bits per heavy atom. The molecule has 0 saturated carbocycles. The molecule has 20 heavy (non-hydrogen) atoms. The van der Waals surface area contributed by atoms with Crippen LogP contribution >= 0.6 is 49.9 Å². The fourth-order valence-corrected chi connectivity index (χ4v) is 3.79. The van der Waals surface area contributed by atoms with Crippen molar-refractivity contribution in [3.8, 4) is 5.75 Å². The van der Waals surface area contributed by atoms with Crippen molar-refractivity contribution in [2.45, 2.75) is 13.0 Å². The SMILES string of the molecule is CCNC(c1csc(I)c1)c1cc(Br)c(F)cc1OC. The van der Waals surface area contributed by atoms with Gasteiger partial charge in [0.05, 0.1) is 20.5 Å². The summed E-state index contributed by atoms with van der Waals surface area (Å²) >= 11 is 7.25. The number of hydrogen-bond acceptors (Lipinski definition) is 3. The van der Waals surface area contributed by atoms with Crippen LogP contribution in [0.15, 0.2) is 28.1 Å². The van der Waals surface area contributed by atoms with Crippen LogP contribution in [0, 0.1) is 8.70 Å². The molecule has 2 aromatic rings. The average molecular weight is 470 g/mol. The molecule has 1 heterocycles. The van der Waals surface area contributed by atoms with Gasteiger partial charge in [0.25, 0.3) is 0 Å². The second-order valence-electron chi connectivity index (χ2n) is 4.18. The lowest BCUT2D eigenvalue weighted by Gasteiger charge is -2.20. The van der Waals surface area contributed by atoms with Crippen molar-refractivity contribution in [2.24, 2.45) is 0 Å². The van der Waals surface area contributed by atoms with E-state index in [1.54, 1.807) is 24.5 Å². The predicted molar refractivity (Wildman–Crippen MR) is 93.2 cm³/mol. The van der Waals surface area contributed by atoms with Crippen molar-refractivity contribution in [3.05, 3.63) is 47.9 Å². The molecule has 0 aliphatic carbocycles. The largest absolute Gasteiger partial charge is 0.496 e. The highest BCUT2D eigenvalue weighted by molar-refractivity contribution is 14.1. The molecule has 0 aliphatic heterocycles. The van der Waals surface area contributed by atoms with Crippen LogP contribution < -0.4 is 10.1 Å². The summed E-state index contributed by atoms with van der Waals surface area (Å²) in [6, 6.07) is 5.33. The molecular weight excluding hydrogens is 456 g/mol. The van der Waals surface area contributed by atoms with Gasteiger partial charge < -0.3 is 10.1 Å². The minimum absolute atomic E-state index is 0.00776. The second-order valence-corrected chi connectivity index (χ2v) is 7.84. The number of benzene rings is 1. The maximum absolute atomic E-state index is 13.7. The van der Waals surface area contributed by atoms with Gasteiger partial charge in [-0.2, -0.15) is 0 Å². The van der Waals surface area contributed by atoms with Crippen molar-refractivity contribution in [1.82, 2.24) is 5.32 Å². The molecule has 1 atom stereocenters. The Kier molecular flexibility index (Phi) is 5.83. The van der Waals surface area contributed by atoms with Crippen molar-refractivity contribution >= 4 is 49.9 Å².